The highest BCUT2D eigenvalue weighted by Crippen LogP contribution is 2.21. The number of rotatable bonds is 3. The van der Waals surface area contributed by atoms with E-state index in [4.69, 9.17) is 4.74 Å². The SMILES string of the molecule is CCOC(=O)/C(C)=C/c1cccc2ccccc12. The maximum atomic E-state index is 11.6. The number of carbonyl (C=O) groups is 1. The Morgan fingerprint density at radius 3 is 2.67 bits per heavy atom. The molecule has 92 valence electrons. The lowest BCUT2D eigenvalue weighted by Crippen LogP contribution is -2.04. The van der Waals surface area contributed by atoms with Crippen LogP contribution in [0.25, 0.3) is 16.8 Å². The average Bonchev–Trinajstić information content (AvgIpc) is 2.39. The summed E-state index contributed by atoms with van der Waals surface area (Å²) >= 11 is 0. The molecule has 0 spiro atoms. The van der Waals surface area contributed by atoms with Gasteiger partial charge in [0, 0.05) is 5.57 Å². The molecule has 0 amide bonds. The summed E-state index contributed by atoms with van der Waals surface area (Å²) < 4.78 is 4.98. The van der Waals surface area contributed by atoms with Gasteiger partial charge in [0.2, 0.25) is 0 Å². The number of hydrogen-bond donors (Lipinski definition) is 0. The van der Waals surface area contributed by atoms with Gasteiger partial charge in [0.25, 0.3) is 0 Å². The minimum atomic E-state index is -0.259. The van der Waals surface area contributed by atoms with E-state index in [1.54, 1.807) is 6.92 Å². The van der Waals surface area contributed by atoms with E-state index in [0.717, 1.165) is 10.9 Å². The van der Waals surface area contributed by atoms with Crippen molar-refractivity contribution in [2.45, 2.75) is 13.8 Å². The largest absolute Gasteiger partial charge is 0.463 e. The number of ether oxygens (including phenoxy) is 1. The molecular formula is C16H16O2. The van der Waals surface area contributed by atoms with Gasteiger partial charge in [-0.2, -0.15) is 0 Å². The number of esters is 1. The van der Waals surface area contributed by atoms with Crippen molar-refractivity contribution in [3.8, 4) is 0 Å². The standard InChI is InChI=1S/C16H16O2/c1-3-18-16(17)12(2)11-14-9-6-8-13-7-4-5-10-15(13)14/h4-11H,3H2,1-2H3/b12-11+. The molecule has 0 bridgehead atoms. The van der Waals surface area contributed by atoms with Crippen molar-refractivity contribution < 1.29 is 9.53 Å². The molecule has 0 aliphatic heterocycles. The molecule has 0 heterocycles. The summed E-state index contributed by atoms with van der Waals surface area (Å²) in [5.41, 5.74) is 1.66. The van der Waals surface area contributed by atoms with Gasteiger partial charge in [0.15, 0.2) is 0 Å². The molecule has 0 radical (unpaired) electrons. The summed E-state index contributed by atoms with van der Waals surface area (Å²) in [6.07, 6.45) is 1.88. The summed E-state index contributed by atoms with van der Waals surface area (Å²) in [6.45, 7) is 3.99. The lowest BCUT2D eigenvalue weighted by molar-refractivity contribution is -0.138. The van der Waals surface area contributed by atoms with Gasteiger partial charge >= 0.3 is 5.97 Å². The van der Waals surface area contributed by atoms with Gasteiger partial charge in [-0.25, -0.2) is 4.79 Å². The normalized spacial score (nSPS) is 11.6. The molecule has 0 fully saturated rings. The second-order valence-corrected chi connectivity index (χ2v) is 4.12. The highest BCUT2D eigenvalue weighted by molar-refractivity contribution is 5.97. The third kappa shape index (κ3) is 2.59. The molecule has 2 rings (SSSR count). The second-order valence-electron chi connectivity index (χ2n) is 4.12. The quantitative estimate of drug-likeness (QED) is 0.602. The molecule has 2 nitrogen and oxygen atoms in total. The summed E-state index contributed by atoms with van der Waals surface area (Å²) in [6, 6.07) is 14.2. The van der Waals surface area contributed by atoms with Crippen LogP contribution in [0.3, 0.4) is 0 Å². The molecule has 0 aromatic heterocycles. The Morgan fingerprint density at radius 2 is 1.89 bits per heavy atom. The van der Waals surface area contributed by atoms with Gasteiger partial charge in [0.1, 0.15) is 0 Å². The molecule has 2 heteroatoms. The average molecular weight is 240 g/mol. The van der Waals surface area contributed by atoms with Crippen LogP contribution in [-0.4, -0.2) is 12.6 Å². The first-order chi connectivity index (χ1) is 8.72. The number of fused-ring (bicyclic) bond motifs is 1. The topological polar surface area (TPSA) is 26.3 Å². The number of carbonyl (C=O) groups excluding carboxylic acids is 1. The van der Waals surface area contributed by atoms with E-state index in [1.165, 1.54) is 5.39 Å². The Hall–Kier alpha value is -2.09. The van der Waals surface area contributed by atoms with Crippen LogP contribution >= 0.6 is 0 Å². The fraction of sp³-hybridized carbons (Fsp3) is 0.188. The third-order valence-electron chi connectivity index (χ3n) is 2.79. The number of benzene rings is 2. The van der Waals surface area contributed by atoms with E-state index in [-0.39, 0.29) is 5.97 Å². The molecule has 0 aliphatic carbocycles. The molecule has 0 N–H and O–H groups in total. The van der Waals surface area contributed by atoms with Crippen molar-refractivity contribution in [3.05, 3.63) is 53.6 Å². The molecular weight excluding hydrogens is 224 g/mol. The predicted octanol–water partition coefficient (Wildman–Crippen LogP) is 3.81. The predicted molar refractivity (Wildman–Crippen MR) is 74.2 cm³/mol. The maximum Gasteiger partial charge on any atom is 0.333 e. The zero-order valence-electron chi connectivity index (χ0n) is 10.6. The molecule has 0 saturated carbocycles. The zero-order valence-corrected chi connectivity index (χ0v) is 10.6. The van der Waals surface area contributed by atoms with Gasteiger partial charge in [0.05, 0.1) is 6.61 Å². The molecule has 0 atom stereocenters. The van der Waals surface area contributed by atoms with Crippen LogP contribution in [0.15, 0.2) is 48.0 Å². The van der Waals surface area contributed by atoms with E-state index in [0.29, 0.717) is 12.2 Å². The van der Waals surface area contributed by atoms with Gasteiger partial charge in [-0.15, -0.1) is 0 Å². The highest BCUT2D eigenvalue weighted by Gasteiger charge is 2.05. The molecule has 0 saturated heterocycles. The maximum absolute atomic E-state index is 11.6. The van der Waals surface area contributed by atoms with Crippen LogP contribution in [0, 0.1) is 0 Å². The summed E-state index contributed by atoms with van der Waals surface area (Å²) in [7, 11) is 0. The Bertz CT molecular complexity index is 592. The van der Waals surface area contributed by atoms with Crippen molar-refractivity contribution in [1.29, 1.82) is 0 Å². The fourth-order valence-electron chi connectivity index (χ4n) is 1.91. The van der Waals surface area contributed by atoms with Crippen molar-refractivity contribution in [1.82, 2.24) is 0 Å². The van der Waals surface area contributed by atoms with Crippen LogP contribution in [0.2, 0.25) is 0 Å². The summed E-state index contributed by atoms with van der Waals surface area (Å²) in [4.78, 5) is 11.6. The van der Waals surface area contributed by atoms with Crippen molar-refractivity contribution in [3.63, 3.8) is 0 Å². The van der Waals surface area contributed by atoms with Crippen LogP contribution in [0.4, 0.5) is 0 Å². The minimum absolute atomic E-state index is 0.259. The first-order valence-electron chi connectivity index (χ1n) is 6.05. The Kier molecular flexibility index (Phi) is 3.78. The third-order valence-corrected chi connectivity index (χ3v) is 2.79. The van der Waals surface area contributed by atoms with Gasteiger partial charge in [-0.05, 0) is 36.3 Å². The first kappa shape index (κ1) is 12.4. The lowest BCUT2D eigenvalue weighted by Gasteiger charge is -2.04. The fourth-order valence-corrected chi connectivity index (χ4v) is 1.91. The molecule has 2 aromatic carbocycles. The highest BCUT2D eigenvalue weighted by atomic mass is 16.5. The van der Waals surface area contributed by atoms with Gasteiger partial charge in [-0.1, -0.05) is 42.5 Å². The van der Waals surface area contributed by atoms with Crippen molar-refractivity contribution >= 4 is 22.8 Å². The summed E-state index contributed by atoms with van der Waals surface area (Å²) in [5, 5.41) is 2.31. The minimum Gasteiger partial charge on any atom is -0.463 e. The monoisotopic (exact) mass is 240 g/mol. The molecule has 0 aliphatic rings. The van der Waals surface area contributed by atoms with Crippen LogP contribution in [0.5, 0.6) is 0 Å². The van der Waals surface area contributed by atoms with E-state index in [1.807, 2.05) is 37.3 Å². The van der Waals surface area contributed by atoms with Crippen molar-refractivity contribution in [2.24, 2.45) is 0 Å². The summed E-state index contributed by atoms with van der Waals surface area (Å²) in [5.74, 6) is -0.259. The smallest absolute Gasteiger partial charge is 0.333 e. The van der Waals surface area contributed by atoms with Gasteiger partial charge in [-0.3, -0.25) is 0 Å². The zero-order chi connectivity index (χ0) is 13.0. The van der Waals surface area contributed by atoms with Crippen LogP contribution in [-0.2, 0) is 9.53 Å². The Balaban J connectivity index is 2.43. The Morgan fingerprint density at radius 1 is 1.17 bits per heavy atom. The lowest BCUT2D eigenvalue weighted by atomic mass is 10.0. The van der Waals surface area contributed by atoms with E-state index in [9.17, 15) is 4.79 Å². The van der Waals surface area contributed by atoms with E-state index < -0.39 is 0 Å². The van der Waals surface area contributed by atoms with E-state index >= 15 is 0 Å². The van der Waals surface area contributed by atoms with E-state index in [2.05, 4.69) is 18.2 Å². The second kappa shape index (κ2) is 5.50. The van der Waals surface area contributed by atoms with Crippen LogP contribution in [0.1, 0.15) is 19.4 Å². The molecule has 18 heavy (non-hydrogen) atoms. The number of hydrogen-bond acceptors (Lipinski definition) is 2. The molecule has 0 unspecified atom stereocenters. The van der Waals surface area contributed by atoms with Crippen molar-refractivity contribution in [2.75, 3.05) is 6.61 Å². The van der Waals surface area contributed by atoms with Crippen LogP contribution < -0.4 is 0 Å². The Labute approximate surface area is 107 Å². The molecule has 2 aromatic rings. The first-order valence-corrected chi connectivity index (χ1v) is 6.05. The van der Waals surface area contributed by atoms with Gasteiger partial charge < -0.3 is 4.74 Å².